The van der Waals surface area contributed by atoms with E-state index in [1.807, 2.05) is 36.4 Å². The van der Waals surface area contributed by atoms with Crippen molar-refractivity contribution in [3.8, 4) is 0 Å². The van der Waals surface area contributed by atoms with Gasteiger partial charge in [0, 0.05) is 20.0 Å². The summed E-state index contributed by atoms with van der Waals surface area (Å²) in [5, 5.41) is 12.9. The quantitative estimate of drug-likeness (QED) is 0.277. The lowest BCUT2D eigenvalue weighted by Crippen LogP contribution is -2.52. The molecule has 0 radical (unpaired) electrons. The number of carboxylic acid groups (broad SMARTS) is 1. The lowest BCUT2D eigenvalue weighted by atomic mass is 10.0. The molecule has 3 amide bonds. The minimum atomic E-state index is -5.08. The first-order valence-electron chi connectivity index (χ1n) is 13.1. The zero-order chi connectivity index (χ0) is 31.9. The number of aromatic nitrogens is 1. The van der Waals surface area contributed by atoms with Crippen molar-refractivity contribution in [3.05, 3.63) is 64.7 Å². The molecule has 11 nitrogen and oxygen atoms in total. The number of likely N-dealkylation sites (tertiary alicyclic amines) is 1. The number of nitrogens with zero attached hydrogens (tertiary/aromatic N) is 2. The second-order valence-corrected chi connectivity index (χ2v) is 10.7. The number of hydrogen-bond acceptors (Lipinski definition) is 8. The van der Waals surface area contributed by atoms with E-state index >= 15 is 0 Å². The first-order chi connectivity index (χ1) is 20.2. The summed E-state index contributed by atoms with van der Waals surface area (Å²) >= 11 is 1.27. The number of carboxylic acids is 1. The molecule has 1 saturated heterocycles. The molecule has 1 aromatic heterocycles. The van der Waals surface area contributed by atoms with E-state index < -0.39 is 36.3 Å². The number of fused-ring (bicyclic) bond motifs is 1. The van der Waals surface area contributed by atoms with Gasteiger partial charge in [-0.25, -0.2) is 14.6 Å². The Labute approximate surface area is 248 Å². The Morgan fingerprint density at radius 1 is 1.09 bits per heavy atom. The minimum Gasteiger partial charge on any atom is -0.475 e. The van der Waals surface area contributed by atoms with Crippen LogP contribution in [0.2, 0.25) is 0 Å². The number of rotatable bonds is 8. The molecule has 5 N–H and O–H groups in total. The van der Waals surface area contributed by atoms with Gasteiger partial charge in [0.1, 0.15) is 6.04 Å². The summed E-state index contributed by atoms with van der Waals surface area (Å²) in [7, 11) is 0. The molecule has 3 atom stereocenters. The second-order valence-electron chi connectivity index (χ2n) is 9.66. The highest BCUT2D eigenvalue weighted by Gasteiger charge is 2.39. The number of benzene rings is 2. The molecule has 0 bridgehead atoms. The topological polar surface area (TPSA) is 172 Å². The summed E-state index contributed by atoms with van der Waals surface area (Å²) in [6, 6.07) is 11.7. The van der Waals surface area contributed by atoms with E-state index in [-0.39, 0.29) is 22.5 Å². The Kier molecular flexibility index (Phi) is 10.9. The highest BCUT2D eigenvalue weighted by molar-refractivity contribution is 7.20. The molecule has 230 valence electrons. The molecule has 1 aliphatic rings. The van der Waals surface area contributed by atoms with Crippen LogP contribution < -0.4 is 16.4 Å². The molecule has 0 saturated carbocycles. The monoisotopic (exact) mass is 621 g/mol. The fourth-order valence-corrected chi connectivity index (χ4v) is 5.36. The van der Waals surface area contributed by atoms with Gasteiger partial charge in [-0.3, -0.25) is 14.4 Å². The van der Waals surface area contributed by atoms with Crippen molar-refractivity contribution in [1.82, 2.24) is 20.5 Å². The van der Waals surface area contributed by atoms with Gasteiger partial charge < -0.3 is 26.4 Å². The summed E-state index contributed by atoms with van der Waals surface area (Å²) in [6.07, 6.45) is -3.93. The van der Waals surface area contributed by atoms with Gasteiger partial charge in [0.25, 0.3) is 0 Å². The van der Waals surface area contributed by atoms with Crippen LogP contribution in [0.3, 0.4) is 0 Å². The van der Waals surface area contributed by atoms with E-state index in [9.17, 15) is 32.3 Å². The maximum atomic E-state index is 13.6. The number of thiazole rings is 1. The van der Waals surface area contributed by atoms with Crippen molar-refractivity contribution in [3.63, 3.8) is 0 Å². The third-order valence-corrected chi connectivity index (χ3v) is 7.57. The number of halogens is 3. The van der Waals surface area contributed by atoms with Gasteiger partial charge in [0.05, 0.1) is 22.3 Å². The molecule has 2 aromatic carbocycles. The molecule has 1 aliphatic heterocycles. The predicted molar refractivity (Wildman–Crippen MR) is 151 cm³/mol. The Morgan fingerprint density at radius 2 is 1.72 bits per heavy atom. The number of para-hydroxylation sites is 1. The van der Waals surface area contributed by atoms with Crippen molar-refractivity contribution in [1.29, 1.82) is 0 Å². The molecule has 4 rings (SSSR count). The van der Waals surface area contributed by atoms with Gasteiger partial charge in [0.2, 0.25) is 11.7 Å². The van der Waals surface area contributed by atoms with Crippen LogP contribution >= 0.6 is 11.3 Å². The number of ketones is 2. The number of carbonyl (C=O) groups is 5. The molecule has 2 unspecified atom stereocenters. The third-order valence-electron chi connectivity index (χ3n) is 6.51. The van der Waals surface area contributed by atoms with Crippen LogP contribution in [0.1, 0.15) is 53.7 Å². The van der Waals surface area contributed by atoms with Crippen molar-refractivity contribution < 1.29 is 42.3 Å². The van der Waals surface area contributed by atoms with Crippen LogP contribution in [0.4, 0.5) is 18.0 Å². The highest BCUT2D eigenvalue weighted by Crippen LogP contribution is 2.28. The largest absolute Gasteiger partial charge is 0.490 e. The summed E-state index contributed by atoms with van der Waals surface area (Å²) in [6.45, 7) is 3.68. The number of aliphatic carboxylic acids is 1. The molecular formula is C28H30F3N5O6S. The molecule has 0 spiro atoms. The van der Waals surface area contributed by atoms with Gasteiger partial charge in [-0.05, 0) is 43.0 Å². The molecule has 15 heteroatoms. The smallest absolute Gasteiger partial charge is 0.475 e. The summed E-state index contributed by atoms with van der Waals surface area (Å²) < 4.78 is 32.6. The third kappa shape index (κ3) is 8.58. The average Bonchev–Trinajstić information content (AvgIpc) is 3.62. The molecular weight excluding hydrogens is 591 g/mol. The average molecular weight is 622 g/mol. The standard InChI is InChI=1S/C26H29N5O4S.C2HF3O2/c1-15(28-16(2)32)23(33)20-7-5-13-31(20)26(35)30-22(18-11-9-17(14-27)10-12-18)24(34)25-29-19-6-3-4-8-21(19)36-25;3-2(4,5)1(6)7/h3-4,6,8-12,15,20,22H,5,7,13-14,27H2,1-2H3,(H,28,32)(H,30,35);(H,6,7)/t15-,20?,22?;/m0./s1. The molecule has 43 heavy (non-hydrogen) atoms. The van der Waals surface area contributed by atoms with E-state index in [0.29, 0.717) is 37.0 Å². The number of urea groups is 1. The summed E-state index contributed by atoms with van der Waals surface area (Å²) in [4.78, 5) is 66.2. The summed E-state index contributed by atoms with van der Waals surface area (Å²) in [5.74, 6) is -3.64. The van der Waals surface area contributed by atoms with Crippen molar-refractivity contribution in [2.75, 3.05) is 6.54 Å². The SMILES string of the molecule is CC(=O)N[C@@H](C)C(=O)C1CCCN1C(=O)NC(C(=O)c1nc2ccccc2s1)c1ccc(CN)cc1.O=C(O)C(F)(F)F. The number of Topliss-reactive ketones (excluding diaryl/α,β-unsaturated/α-hetero) is 2. The Balaban J connectivity index is 0.000000646. The van der Waals surface area contributed by atoms with Gasteiger partial charge in [-0.15, -0.1) is 11.3 Å². The van der Waals surface area contributed by atoms with E-state index in [0.717, 1.165) is 10.3 Å². The maximum absolute atomic E-state index is 13.6. The lowest BCUT2D eigenvalue weighted by Gasteiger charge is -2.28. The second kappa shape index (κ2) is 14.2. The fraction of sp³-hybridized carbons (Fsp3) is 0.357. The van der Waals surface area contributed by atoms with Crippen molar-refractivity contribution >= 4 is 51.0 Å². The van der Waals surface area contributed by atoms with Gasteiger partial charge >= 0.3 is 18.2 Å². The van der Waals surface area contributed by atoms with Gasteiger partial charge in [0.15, 0.2) is 10.8 Å². The van der Waals surface area contributed by atoms with Crippen LogP contribution in [0.15, 0.2) is 48.5 Å². The normalized spacial score (nSPS) is 16.0. The predicted octanol–water partition coefficient (Wildman–Crippen LogP) is 3.58. The maximum Gasteiger partial charge on any atom is 0.490 e. The molecule has 2 heterocycles. The van der Waals surface area contributed by atoms with E-state index in [2.05, 4.69) is 15.6 Å². The lowest BCUT2D eigenvalue weighted by molar-refractivity contribution is -0.192. The minimum absolute atomic E-state index is 0.237. The van der Waals surface area contributed by atoms with Crippen LogP contribution in [-0.2, 0) is 20.9 Å². The number of amides is 3. The first-order valence-corrected chi connectivity index (χ1v) is 13.9. The number of hydrogen-bond donors (Lipinski definition) is 4. The zero-order valence-corrected chi connectivity index (χ0v) is 24.0. The summed E-state index contributed by atoms with van der Waals surface area (Å²) in [5.41, 5.74) is 7.93. The van der Waals surface area contributed by atoms with Crippen LogP contribution in [0.25, 0.3) is 10.2 Å². The van der Waals surface area contributed by atoms with Crippen molar-refractivity contribution in [2.45, 2.75) is 57.5 Å². The van der Waals surface area contributed by atoms with Crippen LogP contribution in [0.5, 0.6) is 0 Å². The highest BCUT2D eigenvalue weighted by atomic mass is 32.1. The Hall–Kier alpha value is -4.37. The number of nitrogens with two attached hydrogens (primary N) is 1. The van der Waals surface area contributed by atoms with Crippen LogP contribution in [-0.4, -0.2) is 69.3 Å². The number of alkyl halides is 3. The Bertz CT molecular complexity index is 1460. The van der Waals surface area contributed by atoms with Gasteiger partial charge in [-0.2, -0.15) is 13.2 Å². The van der Waals surface area contributed by atoms with Crippen LogP contribution in [0, 0.1) is 0 Å². The zero-order valence-electron chi connectivity index (χ0n) is 23.2. The fourth-order valence-electron chi connectivity index (χ4n) is 4.42. The van der Waals surface area contributed by atoms with Gasteiger partial charge in [-0.1, -0.05) is 36.4 Å². The molecule has 3 aromatic rings. The Morgan fingerprint density at radius 3 is 2.28 bits per heavy atom. The van der Waals surface area contributed by atoms with E-state index in [1.165, 1.54) is 23.2 Å². The van der Waals surface area contributed by atoms with Crippen molar-refractivity contribution in [2.24, 2.45) is 5.73 Å². The molecule has 0 aliphatic carbocycles. The van der Waals surface area contributed by atoms with E-state index in [1.54, 1.807) is 19.1 Å². The first kappa shape index (κ1) is 33.1. The van der Waals surface area contributed by atoms with E-state index in [4.69, 9.17) is 15.6 Å². The number of nitrogens with one attached hydrogen (secondary N) is 2. The molecule has 1 fully saturated rings. The number of carbonyl (C=O) groups excluding carboxylic acids is 4.